The number of hydrogen-bond donors (Lipinski definition) is 0. The van der Waals surface area contributed by atoms with Gasteiger partial charge in [-0.15, -0.1) is 0 Å². The molecule has 0 aliphatic rings. The van der Waals surface area contributed by atoms with Gasteiger partial charge >= 0.3 is 0 Å². The van der Waals surface area contributed by atoms with Crippen LogP contribution in [0.1, 0.15) is 31.9 Å². The maximum absolute atomic E-state index is 4.74. The predicted octanol–water partition coefficient (Wildman–Crippen LogP) is 4.57. The minimum atomic E-state index is 1.11. The topological polar surface area (TPSA) is 12.9 Å². The Morgan fingerprint density at radius 2 is 2.00 bits per heavy atom. The van der Waals surface area contributed by atoms with Crippen LogP contribution in [0.3, 0.4) is 0 Å². The van der Waals surface area contributed by atoms with E-state index >= 15 is 0 Å². The lowest BCUT2D eigenvalue weighted by atomic mass is 10.1. The molecule has 2 aromatic rings. The molecule has 0 aliphatic heterocycles. The lowest BCUT2D eigenvalue weighted by molar-refractivity contribution is 0.707. The molecule has 0 saturated carbocycles. The Bertz CT molecular complexity index is 479. The number of pyridine rings is 1. The Kier molecular flexibility index (Phi) is 4.16. The van der Waals surface area contributed by atoms with Crippen LogP contribution in [0.5, 0.6) is 0 Å². The summed E-state index contributed by atoms with van der Waals surface area (Å²) >= 11 is 2.40. The van der Waals surface area contributed by atoms with Crippen molar-refractivity contribution in [2.75, 3.05) is 0 Å². The Balaban J connectivity index is 2.27. The Labute approximate surface area is 110 Å². The number of aromatic nitrogens is 1. The lowest BCUT2D eigenvalue weighted by Gasteiger charge is -2.05. The third kappa shape index (κ3) is 2.73. The molecule has 84 valence electrons. The van der Waals surface area contributed by atoms with Crippen molar-refractivity contribution >= 4 is 33.5 Å². The lowest BCUT2D eigenvalue weighted by Crippen LogP contribution is -1.95. The molecular weight excluding hydrogens is 309 g/mol. The van der Waals surface area contributed by atoms with Crippen molar-refractivity contribution in [3.63, 3.8) is 0 Å². The molecule has 0 amide bonds. The van der Waals surface area contributed by atoms with E-state index in [9.17, 15) is 0 Å². The van der Waals surface area contributed by atoms with Gasteiger partial charge in [0.1, 0.15) is 0 Å². The molecule has 0 radical (unpaired) electrons. The van der Waals surface area contributed by atoms with Crippen molar-refractivity contribution in [3.8, 4) is 0 Å². The van der Waals surface area contributed by atoms with E-state index in [0.29, 0.717) is 0 Å². The first-order valence-corrected chi connectivity index (χ1v) is 6.93. The van der Waals surface area contributed by atoms with Crippen LogP contribution >= 0.6 is 22.6 Å². The van der Waals surface area contributed by atoms with Crippen molar-refractivity contribution < 1.29 is 0 Å². The molecule has 2 heteroatoms. The van der Waals surface area contributed by atoms with Crippen LogP contribution in [0.2, 0.25) is 0 Å². The van der Waals surface area contributed by atoms with Crippen LogP contribution in [-0.4, -0.2) is 4.98 Å². The fourth-order valence-corrected chi connectivity index (χ4v) is 2.57. The monoisotopic (exact) mass is 325 g/mol. The van der Waals surface area contributed by atoms with Crippen LogP contribution in [0, 0.1) is 3.57 Å². The normalized spacial score (nSPS) is 10.9. The van der Waals surface area contributed by atoms with Gasteiger partial charge in [0.2, 0.25) is 0 Å². The van der Waals surface area contributed by atoms with Gasteiger partial charge in [-0.3, -0.25) is 4.98 Å². The van der Waals surface area contributed by atoms with Gasteiger partial charge < -0.3 is 0 Å². The van der Waals surface area contributed by atoms with Crippen LogP contribution < -0.4 is 0 Å². The molecule has 1 aromatic carbocycles. The minimum Gasteiger partial charge on any atom is -0.252 e. The fourth-order valence-electron chi connectivity index (χ4n) is 1.85. The first kappa shape index (κ1) is 11.8. The number of benzene rings is 1. The van der Waals surface area contributed by atoms with Crippen molar-refractivity contribution in [3.05, 3.63) is 39.6 Å². The van der Waals surface area contributed by atoms with E-state index in [0.717, 1.165) is 11.9 Å². The third-order valence-electron chi connectivity index (χ3n) is 2.77. The molecule has 0 bridgehead atoms. The SMILES string of the molecule is CCCCCc1nc2ccccc2cc1I. The van der Waals surface area contributed by atoms with Gasteiger partial charge in [-0.1, -0.05) is 38.0 Å². The molecule has 0 fully saturated rings. The number of rotatable bonds is 4. The molecule has 0 N–H and O–H groups in total. The first-order valence-electron chi connectivity index (χ1n) is 5.85. The standard InChI is InChI=1S/C14H16IN/c1-2-3-4-9-14-12(15)10-11-7-5-6-8-13(11)16-14/h5-8,10H,2-4,9H2,1H3. The van der Waals surface area contributed by atoms with Gasteiger partial charge in [-0.25, -0.2) is 0 Å². The van der Waals surface area contributed by atoms with E-state index < -0.39 is 0 Å². The van der Waals surface area contributed by atoms with E-state index in [-0.39, 0.29) is 0 Å². The fraction of sp³-hybridized carbons (Fsp3) is 0.357. The molecule has 2 rings (SSSR count). The highest BCUT2D eigenvalue weighted by Crippen LogP contribution is 2.19. The summed E-state index contributed by atoms with van der Waals surface area (Å²) in [4.78, 5) is 4.74. The van der Waals surface area contributed by atoms with Crippen LogP contribution in [0.4, 0.5) is 0 Å². The van der Waals surface area contributed by atoms with E-state index in [2.05, 4.69) is 59.8 Å². The number of unbranched alkanes of at least 4 members (excludes halogenated alkanes) is 2. The summed E-state index contributed by atoms with van der Waals surface area (Å²) in [5.41, 5.74) is 2.38. The van der Waals surface area contributed by atoms with Crippen molar-refractivity contribution in [2.45, 2.75) is 32.6 Å². The quantitative estimate of drug-likeness (QED) is 0.593. The second-order valence-electron chi connectivity index (χ2n) is 4.07. The zero-order chi connectivity index (χ0) is 11.4. The number of halogens is 1. The average molecular weight is 325 g/mol. The molecule has 1 heterocycles. The van der Waals surface area contributed by atoms with Crippen molar-refractivity contribution in [1.29, 1.82) is 0 Å². The van der Waals surface area contributed by atoms with Gasteiger partial charge in [0, 0.05) is 8.96 Å². The van der Waals surface area contributed by atoms with E-state index in [1.165, 1.54) is 33.9 Å². The van der Waals surface area contributed by atoms with Gasteiger partial charge in [0.15, 0.2) is 0 Å². The number of nitrogens with zero attached hydrogens (tertiary/aromatic N) is 1. The van der Waals surface area contributed by atoms with Gasteiger partial charge in [-0.05, 0) is 47.6 Å². The minimum absolute atomic E-state index is 1.11. The number of aryl methyl sites for hydroxylation is 1. The summed E-state index contributed by atoms with van der Waals surface area (Å²) in [6.07, 6.45) is 4.92. The van der Waals surface area contributed by atoms with Crippen LogP contribution in [-0.2, 0) is 6.42 Å². The van der Waals surface area contributed by atoms with Crippen LogP contribution in [0.15, 0.2) is 30.3 Å². The molecule has 0 atom stereocenters. The van der Waals surface area contributed by atoms with Gasteiger partial charge in [0.25, 0.3) is 0 Å². The van der Waals surface area contributed by atoms with Crippen molar-refractivity contribution in [2.24, 2.45) is 0 Å². The molecule has 0 spiro atoms. The average Bonchev–Trinajstić information content (AvgIpc) is 2.30. The largest absolute Gasteiger partial charge is 0.252 e. The highest BCUT2D eigenvalue weighted by molar-refractivity contribution is 14.1. The third-order valence-corrected chi connectivity index (χ3v) is 3.70. The van der Waals surface area contributed by atoms with Gasteiger partial charge in [-0.2, -0.15) is 0 Å². The molecular formula is C14H16IN. The summed E-state index contributed by atoms with van der Waals surface area (Å²) in [7, 11) is 0. The molecule has 16 heavy (non-hydrogen) atoms. The maximum atomic E-state index is 4.74. The molecule has 0 saturated heterocycles. The summed E-state index contributed by atoms with van der Waals surface area (Å²) < 4.78 is 1.30. The number of hydrogen-bond acceptors (Lipinski definition) is 1. The molecule has 1 aromatic heterocycles. The summed E-state index contributed by atoms with van der Waals surface area (Å²) in [5.74, 6) is 0. The molecule has 1 nitrogen and oxygen atoms in total. The second kappa shape index (κ2) is 5.62. The van der Waals surface area contributed by atoms with E-state index in [4.69, 9.17) is 4.98 Å². The zero-order valence-corrected chi connectivity index (χ0v) is 11.7. The highest BCUT2D eigenvalue weighted by Gasteiger charge is 2.03. The molecule has 0 aliphatic carbocycles. The van der Waals surface area contributed by atoms with Crippen molar-refractivity contribution in [1.82, 2.24) is 4.98 Å². The Hall–Kier alpha value is -0.640. The summed E-state index contributed by atoms with van der Waals surface area (Å²) in [6, 6.07) is 10.6. The smallest absolute Gasteiger partial charge is 0.0706 e. The first-order chi connectivity index (χ1) is 7.81. The van der Waals surface area contributed by atoms with Gasteiger partial charge in [0.05, 0.1) is 11.2 Å². The van der Waals surface area contributed by atoms with E-state index in [1.807, 2.05) is 0 Å². The highest BCUT2D eigenvalue weighted by atomic mass is 127. The number of para-hydroxylation sites is 1. The Morgan fingerprint density at radius 3 is 2.81 bits per heavy atom. The predicted molar refractivity (Wildman–Crippen MR) is 77.7 cm³/mol. The Morgan fingerprint density at radius 1 is 1.19 bits per heavy atom. The summed E-state index contributed by atoms with van der Waals surface area (Å²) in [6.45, 7) is 2.23. The van der Waals surface area contributed by atoms with E-state index in [1.54, 1.807) is 0 Å². The number of fused-ring (bicyclic) bond motifs is 1. The second-order valence-corrected chi connectivity index (χ2v) is 5.23. The summed E-state index contributed by atoms with van der Waals surface area (Å²) in [5, 5.41) is 1.24. The van der Waals surface area contributed by atoms with Crippen LogP contribution in [0.25, 0.3) is 10.9 Å². The maximum Gasteiger partial charge on any atom is 0.0706 e. The molecule has 0 unspecified atom stereocenters. The zero-order valence-electron chi connectivity index (χ0n) is 9.54.